The first-order chi connectivity index (χ1) is 10.2. The van der Waals surface area contributed by atoms with Gasteiger partial charge in [-0.2, -0.15) is 0 Å². The molecular weight excluding hydrogens is 330 g/mol. The molecule has 0 radical (unpaired) electrons. The van der Waals surface area contributed by atoms with E-state index in [1.807, 2.05) is 18.2 Å². The number of hydrogen-bond donors (Lipinski definition) is 2. The molecule has 0 heterocycles. The number of aliphatic hydroxyl groups excluding tert-OH is 1. The maximum absolute atomic E-state index is 12.1. The smallest absolute Gasteiger partial charge is 0.223 e. The van der Waals surface area contributed by atoms with Crippen LogP contribution in [0.1, 0.15) is 37.7 Å². The molecule has 116 valence electrons. The Morgan fingerprint density at radius 1 is 1.29 bits per heavy atom. The Bertz CT molecular complexity index is 458. The second-order valence-electron chi connectivity index (χ2n) is 5.92. The number of benzene rings is 1. The van der Waals surface area contributed by atoms with Gasteiger partial charge in [-0.05, 0) is 30.9 Å². The number of carbonyl (C=O) groups excluding carboxylic acids is 1. The summed E-state index contributed by atoms with van der Waals surface area (Å²) in [6.07, 6.45) is 6.38. The van der Waals surface area contributed by atoms with Crippen molar-refractivity contribution in [3.05, 3.63) is 34.3 Å². The van der Waals surface area contributed by atoms with E-state index in [-0.39, 0.29) is 24.3 Å². The largest absolute Gasteiger partial charge is 0.396 e. The number of nitrogens with one attached hydrogen (secondary N) is 1. The summed E-state index contributed by atoms with van der Waals surface area (Å²) < 4.78 is 1.06. The van der Waals surface area contributed by atoms with Gasteiger partial charge in [-0.1, -0.05) is 53.4 Å². The van der Waals surface area contributed by atoms with Crippen molar-refractivity contribution in [3.8, 4) is 0 Å². The maximum Gasteiger partial charge on any atom is 0.223 e. The Labute approximate surface area is 135 Å². The minimum atomic E-state index is 0.0660. The topological polar surface area (TPSA) is 49.3 Å². The summed E-state index contributed by atoms with van der Waals surface area (Å²) in [5, 5.41) is 12.6. The van der Waals surface area contributed by atoms with Gasteiger partial charge in [-0.25, -0.2) is 0 Å². The minimum absolute atomic E-state index is 0.0660. The predicted molar refractivity (Wildman–Crippen MR) is 88.0 cm³/mol. The highest BCUT2D eigenvalue weighted by Gasteiger charge is 2.21. The second-order valence-corrected chi connectivity index (χ2v) is 6.78. The van der Waals surface area contributed by atoms with Gasteiger partial charge in [0.25, 0.3) is 0 Å². The Balaban J connectivity index is 1.82. The van der Waals surface area contributed by atoms with Crippen molar-refractivity contribution in [1.29, 1.82) is 0 Å². The van der Waals surface area contributed by atoms with E-state index in [0.29, 0.717) is 6.54 Å². The van der Waals surface area contributed by atoms with Crippen molar-refractivity contribution in [2.75, 3.05) is 13.2 Å². The fraction of sp³-hybridized carbons (Fsp3) is 0.588. The first kappa shape index (κ1) is 16.5. The molecule has 0 spiro atoms. The van der Waals surface area contributed by atoms with Crippen molar-refractivity contribution in [2.45, 2.75) is 38.5 Å². The Kier molecular flexibility index (Phi) is 6.71. The lowest BCUT2D eigenvalue weighted by Gasteiger charge is -2.22. The maximum atomic E-state index is 12.1. The first-order valence-electron chi connectivity index (χ1n) is 7.82. The summed E-state index contributed by atoms with van der Waals surface area (Å²) in [6, 6.07) is 8.03. The molecule has 1 aliphatic rings. The molecule has 1 aromatic carbocycles. The molecule has 1 saturated carbocycles. The van der Waals surface area contributed by atoms with Crippen LogP contribution < -0.4 is 5.32 Å². The van der Waals surface area contributed by atoms with E-state index in [1.54, 1.807) is 0 Å². The zero-order valence-corrected chi connectivity index (χ0v) is 13.9. The van der Waals surface area contributed by atoms with Crippen LogP contribution in [0.5, 0.6) is 0 Å². The number of aliphatic hydroxyl groups is 1. The lowest BCUT2D eigenvalue weighted by atomic mass is 9.88. The van der Waals surface area contributed by atoms with Crippen molar-refractivity contribution in [1.82, 2.24) is 5.32 Å². The summed E-state index contributed by atoms with van der Waals surface area (Å²) in [4.78, 5) is 12.1. The molecule has 0 bridgehead atoms. The average molecular weight is 354 g/mol. The molecule has 1 amide bonds. The highest BCUT2D eigenvalue weighted by molar-refractivity contribution is 9.10. The molecular formula is C17H24BrNO2. The minimum Gasteiger partial charge on any atom is -0.396 e. The Morgan fingerprint density at radius 3 is 2.67 bits per heavy atom. The van der Waals surface area contributed by atoms with E-state index >= 15 is 0 Å². The van der Waals surface area contributed by atoms with Crippen LogP contribution in [-0.4, -0.2) is 24.2 Å². The molecule has 0 saturated heterocycles. The zero-order valence-electron chi connectivity index (χ0n) is 12.4. The fourth-order valence-corrected chi connectivity index (χ4v) is 3.38. The summed E-state index contributed by atoms with van der Waals surface area (Å²) in [6.45, 7) is 0.638. The van der Waals surface area contributed by atoms with Gasteiger partial charge in [0, 0.05) is 29.5 Å². The van der Waals surface area contributed by atoms with Gasteiger partial charge in [0.05, 0.1) is 0 Å². The van der Waals surface area contributed by atoms with E-state index in [1.165, 1.54) is 24.8 Å². The van der Waals surface area contributed by atoms with Crippen molar-refractivity contribution in [3.63, 3.8) is 0 Å². The number of carbonyl (C=O) groups is 1. The molecule has 1 aromatic rings. The normalized spacial score (nSPS) is 17.4. The molecule has 2 N–H and O–H groups in total. The second kappa shape index (κ2) is 8.54. The molecule has 1 aliphatic carbocycles. The molecule has 1 unspecified atom stereocenters. The quantitative estimate of drug-likeness (QED) is 0.824. The van der Waals surface area contributed by atoms with Crippen LogP contribution >= 0.6 is 15.9 Å². The molecule has 0 aromatic heterocycles. The third-order valence-electron chi connectivity index (χ3n) is 4.27. The van der Waals surface area contributed by atoms with E-state index < -0.39 is 0 Å². The van der Waals surface area contributed by atoms with Crippen LogP contribution in [0, 0.1) is 11.8 Å². The molecule has 1 fully saturated rings. The molecule has 0 aliphatic heterocycles. The monoisotopic (exact) mass is 353 g/mol. The van der Waals surface area contributed by atoms with Gasteiger partial charge < -0.3 is 10.4 Å². The number of hydrogen-bond acceptors (Lipinski definition) is 2. The van der Waals surface area contributed by atoms with Crippen LogP contribution in [0.3, 0.4) is 0 Å². The Morgan fingerprint density at radius 2 is 2.00 bits per heavy atom. The van der Waals surface area contributed by atoms with Gasteiger partial charge in [0.2, 0.25) is 5.91 Å². The highest BCUT2D eigenvalue weighted by Crippen LogP contribution is 2.24. The highest BCUT2D eigenvalue weighted by atomic mass is 79.9. The van der Waals surface area contributed by atoms with Crippen LogP contribution in [-0.2, 0) is 11.2 Å². The number of halogens is 1. The summed E-state index contributed by atoms with van der Waals surface area (Å²) in [5.41, 5.74) is 1.17. The number of amides is 1. The first-order valence-corrected chi connectivity index (χ1v) is 8.62. The van der Waals surface area contributed by atoms with E-state index in [4.69, 9.17) is 0 Å². The van der Waals surface area contributed by atoms with Crippen LogP contribution in [0.4, 0.5) is 0 Å². The molecule has 1 atom stereocenters. The third-order valence-corrected chi connectivity index (χ3v) is 5.04. The van der Waals surface area contributed by atoms with Crippen LogP contribution in [0.15, 0.2) is 28.7 Å². The molecule has 2 rings (SSSR count). The van der Waals surface area contributed by atoms with Gasteiger partial charge in [0.15, 0.2) is 0 Å². The SMILES string of the molecule is O=C(NCC(CO)Cc1ccccc1Br)C1CCCCC1. The summed E-state index contributed by atoms with van der Waals surface area (Å²) in [7, 11) is 0. The third kappa shape index (κ3) is 5.11. The van der Waals surface area contributed by atoms with Gasteiger partial charge in [-0.3, -0.25) is 4.79 Å². The van der Waals surface area contributed by atoms with Crippen LogP contribution in [0.2, 0.25) is 0 Å². The van der Waals surface area contributed by atoms with E-state index in [2.05, 4.69) is 27.3 Å². The fourth-order valence-electron chi connectivity index (χ4n) is 2.93. The van der Waals surface area contributed by atoms with Crippen molar-refractivity contribution in [2.24, 2.45) is 11.8 Å². The van der Waals surface area contributed by atoms with Gasteiger partial charge in [0.1, 0.15) is 0 Å². The van der Waals surface area contributed by atoms with Crippen molar-refractivity contribution >= 4 is 21.8 Å². The molecule has 21 heavy (non-hydrogen) atoms. The van der Waals surface area contributed by atoms with Crippen LogP contribution in [0.25, 0.3) is 0 Å². The predicted octanol–water partition coefficient (Wildman–Crippen LogP) is 3.30. The van der Waals surface area contributed by atoms with E-state index in [0.717, 1.165) is 23.7 Å². The zero-order chi connectivity index (χ0) is 15.1. The average Bonchev–Trinajstić information content (AvgIpc) is 2.53. The Hall–Kier alpha value is -0.870. The van der Waals surface area contributed by atoms with Gasteiger partial charge in [-0.15, -0.1) is 0 Å². The summed E-state index contributed by atoms with van der Waals surface area (Å²) >= 11 is 3.53. The number of rotatable bonds is 6. The lowest BCUT2D eigenvalue weighted by Crippen LogP contribution is -2.36. The lowest BCUT2D eigenvalue weighted by molar-refractivity contribution is -0.126. The van der Waals surface area contributed by atoms with E-state index in [9.17, 15) is 9.90 Å². The molecule has 4 heteroatoms. The van der Waals surface area contributed by atoms with Gasteiger partial charge >= 0.3 is 0 Å². The standard InChI is InChI=1S/C17H24BrNO2/c18-16-9-5-4-8-15(16)10-13(12-20)11-19-17(21)14-6-2-1-3-7-14/h4-5,8-9,13-14,20H,1-3,6-7,10-12H2,(H,19,21). The van der Waals surface area contributed by atoms with Crippen molar-refractivity contribution < 1.29 is 9.90 Å². The summed E-state index contributed by atoms with van der Waals surface area (Å²) in [5.74, 6) is 0.415. The molecule has 3 nitrogen and oxygen atoms in total.